The minimum Gasteiger partial charge on any atom is -0.355 e. The van der Waals surface area contributed by atoms with Crippen LogP contribution in [0.5, 0.6) is 0 Å². The quantitative estimate of drug-likeness (QED) is 0.263. The first-order chi connectivity index (χ1) is 16.9. The highest BCUT2D eigenvalue weighted by molar-refractivity contribution is 9.10. The molecule has 5 rings (SSSR count). The number of aromatic nitrogens is 2. The molecule has 1 aliphatic rings. The fourth-order valence-electron chi connectivity index (χ4n) is 4.75. The number of rotatable bonds is 4. The molecule has 4 aromatic rings. The van der Waals surface area contributed by atoms with E-state index < -0.39 is 4.92 Å². The van der Waals surface area contributed by atoms with Crippen LogP contribution in [0.15, 0.2) is 71.3 Å². The molecule has 0 radical (unpaired) electrons. The van der Waals surface area contributed by atoms with Gasteiger partial charge in [-0.15, -0.1) is 0 Å². The molecule has 0 aliphatic carbocycles. The van der Waals surface area contributed by atoms with Crippen molar-refractivity contribution < 1.29 is 9.72 Å². The second kappa shape index (κ2) is 9.50. The number of hydrogen-bond acceptors (Lipinski definition) is 5. The van der Waals surface area contributed by atoms with Gasteiger partial charge in [-0.1, -0.05) is 46.3 Å². The molecule has 0 unspecified atom stereocenters. The van der Waals surface area contributed by atoms with Gasteiger partial charge in [-0.2, -0.15) is 0 Å². The van der Waals surface area contributed by atoms with Gasteiger partial charge in [-0.25, -0.2) is 4.98 Å². The van der Waals surface area contributed by atoms with Crippen LogP contribution >= 0.6 is 15.9 Å². The van der Waals surface area contributed by atoms with E-state index in [9.17, 15) is 14.9 Å². The minimum atomic E-state index is -0.452. The minimum absolute atomic E-state index is 0.00561. The Labute approximate surface area is 211 Å². The number of nitro groups is 1. The summed E-state index contributed by atoms with van der Waals surface area (Å²) in [6.45, 7) is 2.49. The van der Waals surface area contributed by atoms with Gasteiger partial charge in [0.25, 0.3) is 11.6 Å². The van der Waals surface area contributed by atoms with Crippen molar-refractivity contribution in [2.75, 3.05) is 31.1 Å². The van der Waals surface area contributed by atoms with E-state index in [0.717, 1.165) is 39.6 Å². The molecular weight excluding hydrogens is 510 g/mol. The second-order valence-electron chi connectivity index (χ2n) is 8.57. The summed E-state index contributed by atoms with van der Waals surface area (Å²) in [5, 5.41) is 11.9. The van der Waals surface area contributed by atoms with Crippen molar-refractivity contribution in [2.45, 2.75) is 6.42 Å². The van der Waals surface area contributed by atoms with E-state index in [0.29, 0.717) is 31.0 Å². The largest absolute Gasteiger partial charge is 0.355 e. The molecule has 0 spiro atoms. The topological polar surface area (TPSA) is 84.5 Å². The molecule has 0 saturated carbocycles. The average molecular weight is 534 g/mol. The number of hydrogen-bond donors (Lipinski definition) is 0. The molecule has 2 aromatic carbocycles. The number of benzene rings is 2. The average Bonchev–Trinajstić information content (AvgIpc) is 3.01. The van der Waals surface area contributed by atoms with Crippen LogP contribution in [0.4, 0.5) is 11.5 Å². The monoisotopic (exact) mass is 533 g/mol. The zero-order valence-electron chi connectivity index (χ0n) is 19.2. The van der Waals surface area contributed by atoms with Gasteiger partial charge in [-0.05, 0) is 36.2 Å². The van der Waals surface area contributed by atoms with Crippen molar-refractivity contribution in [3.05, 3.63) is 87.0 Å². The predicted octanol–water partition coefficient (Wildman–Crippen LogP) is 5.26. The fraction of sp³-hybridized carbons (Fsp3) is 0.231. The van der Waals surface area contributed by atoms with E-state index in [2.05, 4.69) is 30.4 Å². The third kappa shape index (κ3) is 4.39. The highest BCUT2D eigenvalue weighted by atomic mass is 79.9. The van der Waals surface area contributed by atoms with Crippen LogP contribution in [0.25, 0.3) is 22.2 Å². The Kier molecular flexibility index (Phi) is 6.25. The van der Waals surface area contributed by atoms with Gasteiger partial charge in [0.05, 0.1) is 16.2 Å². The molecule has 1 fully saturated rings. The number of carbonyl (C=O) groups is 1. The first-order valence-corrected chi connectivity index (χ1v) is 12.2. The second-order valence-corrected chi connectivity index (χ2v) is 9.49. The van der Waals surface area contributed by atoms with Gasteiger partial charge in [0, 0.05) is 54.7 Å². The zero-order valence-corrected chi connectivity index (χ0v) is 20.8. The highest BCUT2D eigenvalue weighted by Gasteiger charge is 2.28. The lowest BCUT2D eigenvalue weighted by molar-refractivity contribution is -0.385. The van der Waals surface area contributed by atoms with E-state index in [-0.39, 0.29) is 11.6 Å². The Morgan fingerprint density at radius 1 is 1.03 bits per heavy atom. The van der Waals surface area contributed by atoms with Gasteiger partial charge in [-0.3, -0.25) is 14.9 Å². The van der Waals surface area contributed by atoms with Crippen molar-refractivity contribution in [3.63, 3.8) is 0 Å². The molecule has 1 amide bonds. The molecule has 1 aliphatic heterocycles. The van der Waals surface area contributed by atoms with E-state index in [1.54, 1.807) is 6.07 Å². The Bertz CT molecular complexity index is 1400. The molecule has 178 valence electrons. The summed E-state index contributed by atoms with van der Waals surface area (Å²) in [5.41, 5.74) is 3.58. The van der Waals surface area contributed by atoms with E-state index in [1.807, 2.05) is 60.5 Å². The maximum atomic E-state index is 14.0. The number of carbonyl (C=O) groups excluding carboxylic acids is 1. The molecule has 2 aromatic heterocycles. The standard InChI is InChI=1S/C26H24BrN5O3/c1-29-22-10-8-19(27)16-21(22)24(25(29)18-6-3-2-4-7-18)26(33)31-13-5-12-30(14-15-31)23-11-9-20(17-28-23)32(34)35/h2-4,6-11,16-17H,5,12-15H2,1H3. The van der Waals surface area contributed by atoms with Crippen LogP contribution in [0.3, 0.4) is 0 Å². The number of aryl methyl sites for hydroxylation is 1. The first kappa shape index (κ1) is 23.0. The Balaban J connectivity index is 1.47. The Hall–Kier alpha value is -3.72. The summed E-state index contributed by atoms with van der Waals surface area (Å²) in [6, 6.07) is 19.2. The summed E-state index contributed by atoms with van der Waals surface area (Å²) in [6.07, 6.45) is 2.06. The normalized spacial score (nSPS) is 14.2. The summed E-state index contributed by atoms with van der Waals surface area (Å²) in [5.74, 6) is 0.690. The molecular formula is C26H24BrN5O3. The molecule has 8 nitrogen and oxygen atoms in total. The first-order valence-electron chi connectivity index (χ1n) is 11.4. The molecule has 9 heteroatoms. The maximum absolute atomic E-state index is 14.0. The fourth-order valence-corrected chi connectivity index (χ4v) is 5.11. The van der Waals surface area contributed by atoms with E-state index in [4.69, 9.17) is 0 Å². The van der Waals surface area contributed by atoms with Crippen molar-refractivity contribution in [1.82, 2.24) is 14.5 Å². The lowest BCUT2D eigenvalue weighted by Gasteiger charge is -2.23. The van der Waals surface area contributed by atoms with Gasteiger partial charge in [0.2, 0.25) is 0 Å². The lowest BCUT2D eigenvalue weighted by atomic mass is 10.0. The van der Waals surface area contributed by atoms with Gasteiger partial charge in [0.15, 0.2) is 0 Å². The predicted molar refractivity (Wildman–Crippen MR) is 140 cm³/mol. The third-order valence-corrected chi connectivity index (χ3v) is 6.97. The summed E-state index contributed by atoms with van der Waals surface area (Å²) < 4.78 is 3.02. The molecule has 35 heavy (non-hydrogen) atoms. The van der Waals surface area contributed by atoms with Crippen molar-refractivity contribution >= 4 is 44.2 Å². The molecule has 0 bridgehead atoms. The van der Waals surface area contributed by atoms with Crippen molar-refractivity contribution in [2.24, 2.45) is 7.05 Å². The van der Waals surface area contributed by atoms with Crippen LogP contribution < -0.4 is 4.90 Å². The van der Waals surface area contributed by atoms with Crippen LogP contribution in [-0.2, 0) is 7.05 Å². The van der Waals surface area contributed by atoms with Crippen LogP contribution in [0.1, 0.15) is 16.8 Å². The summed E-state index contributed by atoms with van der Waals surface area (Å²) >= 11 is 3.57. The van der Waals surface area contributed by atoms with Gasteiger partial charge >= 0.3 is 0 Å². The Morgan fingerprint density at radius 2 is 1.83 bits per heavy atom. The maximum Gasteiger partial charge on any atom is 0.287 e. The smallest absolute Gasteiger partial charge is 0.287 e. The molecule has 1 saturated heterocycles. The molecule has 0 atom stereocenters. The molecule has 3 heterocycles. The third-order valence-electron chi connectivity index (χ3n) is 6.47. The lowest BCUT2D eigenvalue weighted by Crippen LogP contribution is -2.35. The number of pyridine rings is 1. The van der Waals surface area contributed by atoms with E-state index in [1.165, 1.54) is 12.3 Å². The van der Waals surface area contributed by atoms with Crippen molar-refractivity contribution in [1.29, 1.82) is 0 Å². The highest BCUT2D eigenvalue weighted by Crippen LogP contribution is 2.35. The Morgan fingerprint density at radius 3 is 2.54 bits per heavy atom. The van der Waals surface area contributed by atoms with Crippen molar-refractivity contribution in [3.8, 4) is 11.3 Å². The van der Waals surface area contributed by atoms with Crippen LogP contribution in [-0.4, -0.2) is 51.5 Å². The van der Waals surface area contributed by atoms with Crippen LogP contribution in [0.2, 0.25) is 0 Å². The number of amides is 1. The number of fused-ring (bicyclic) bond motifs is 1. The summed E-state index contributed by atoms with van der Waals surface area (Å²) in [7, 11) is 2.00. The number of halogens is 1. The van der Waals surface area contributed by atoms with Gasteiger partial charge < -0.3 is 14.4 Å². The zero-order chi connectivity index (χ0) is 24.5. The molecule has 0 N–H and O–H groups in total. The summed E-state index contributed by atoms with van der Waals surface area (Å²) in [4.78, 5) is 32.8. The van der Waals surface area contributed by atoms with Gasteiger partial charge in [0.1, 0.15) is 12.0 Å². The number of nitrogens with zero attached hydrogens (tertiary/aromatic N) is 5. The SMILES string of the molecule is Cn1c(-c2ccccc2)c(C(=O)N2CCCN(c3ccc([N+](=O)[O-])cn3)CC2)c2cc(Br)ccc21. The van der Waals surface area contributed by atoms with E-state index >= 15 is 0 Å². The number of anilines is 1. The van der Waals surface area contributed by atoms with Crippen LogP contribution in [0, 0.1) is 10.1 Å².